The number of hydrogen-bond donors (Lipinski definition) is 2. The fourth-order valence-corrected chi connectivity index (χ4v) is 9.57. The number of carbonyl (C=O) groups is 1. The van der Waals surface area contributed by atoms with Crippen LogP contribution in [0.4, 0.5) is 4.39 Å². The van der Waals surface area contributed by atoms with Crippen LogP contribution in [0.3, 0.4) is 0 Å². The molecule has 0 spiro atoms. The number of phenols is 1. The van der Waals surface area contributed by atoms with Gasteiger partial charge in [-0.3, -0.25) is 4.79 Å². The lowest BCUT2D eigenvalue weighted by atomic mass is 9.51. The molecule has 3 aliphatic carbocycles. The minimum Gasteiger partial charge on any atom is -0.508 e. The molecule has 4 nitrogen and oxygen atoms in total. The molecule has 0 bridgehead atoms. The Hall–Kier alpha value is -3.18. The highest BCUT2D eigenvalue weighted by atomic mass is 19.1. The molecular formula is C42H54FNO3. The highest BCUT2D eigenvalue weighted by Crippen LogP contribution is 2.63. The zero-order valence-corrected chi connectivity index (χ0v) is 28.4. The molecule has 3 aliphatic rings. The second-order valence-electron chi connectivity index (χ2n) is 15.1. The largest absolute Gasteiger partial charge is 0.508 e. The van der Waals surface area contributed by atoms with Crippen LogP contribution in [0, 0.1) is 23.2 Å². The van der Waals surface area contributed by atoms with Crippen LogP contribution in [0.5, 0.6) is 5.75 Å². The molecule has 0 aromatic heterocycles. The Morgan fingerprint density at radius 3 is 2.38 bits per heavy atom. The number of unbranched alkanes of at least 4 members (excludes halogenated alkanes) is 4. The summed E-state index contributed by atoms with van der Waals surface area (Å²) in [6, 6.07) is 24.2. The third-order valence-corrected chi connectivity index (χ3v) is 12.1. The van der Waals surface area contributed by atoms with Crippen LogP contribution in [0.2, 0.25) is 0 Å². The molecule has 6 rings (SSSR count). The molecule has 7 atom stereocenters. The third-order valence-electron chi connectivity index (χ3n) is 12.1. The molecule has 2 fully saturated rings. The number of rotatable bonds is 13. The van der Waals surface area contributed by atoms with E-state index in [9.17, 15) is 15.0 Å². The Morgan fingerprint density at radius 1 is 0.915 bits per heavy atom. The Kier molecular flexibility index (Phi) is 10.7. The molecule has 3 aromatic carbocycles. The van der Waals surface area contributed by atoms with E-state index in [1.807, 2.05) is 30.3 Å². The lowest BCUT2D eigenvalue weighted by Gasteiger charge is -2.54. The molecule has 0 heterocycles. The van der Waals surface area contributed by atoms with Crippen molar-refractivity contribution in [2.45, 2.75) is 109 Å². The standard InChI is InChI=1S/C42H54FNO3/c1-3-4-5-10-23-44(39(47)25-29-15-17-31(18-16-29)30-12-7-6-8-13-30)24-11-9-14-32-26-33-27-34(45)19-20-35(33)41-37(43)28-42(2)36(40(32)41)21-22-38(42)46/h6-8,12-13,15-20,27,32,36-38,40-41,45-46H,3-5,9-11,14,21-26,28H2,1-2H3/t32-,36?,37+,38+,40?,41?,42+/m1/s1. The van der Waals surface area contributed by atoms with Gasteiger partial charge in [0.1, 0.15) is 11.9 Å². The summed E-state index contributed by atoms with van der Waals surface area (Å²) >= 11 is 0. The van der Waals surface area contributed by atoms with Crippen molar-refractivity contribution >= 4 is 5.91 Å². The molecule has 2 N–H and O–H groups in total. The van der Waals surface area contributed by atoms with Crippen molar-refractivity contribution in [3.8, 4) is 16.9 Å². The number of aliphatic hydroxyl groups is 1. The zero-order chi connectivity index (χ0) is 33.0. The first kappa shape index (κ1) is 33.7. The Bertz CT molecular complexity index is 1470. The fraction of sp³-hybridized carbons (Fsp3) is 0.548. The number of amides is 1. The normalized spacial score (nSPS) is 27.9. The number of halogens is 1. The molecular weight excluding hydrogens is 585 g/mol. The highest BCUT2D eigenvalue weighted by Gasteiger charge is 2.59. The summed E-state index contributed by atoms with van der Waals surface area (Å²) in [7, 11) is 0. The van der Waals surface area contributed by atoms with Crippen LogP contribution in [0.15, 0.2) is 72.8 Å². The van der Waals surface area contributed by atoms with Gasteiger partial charge in [-0.25, -0.2) is 4.39 Å². The molecule has 3 aromatic rings. The van der Waals surface area contributed by atoms with Gasteiger partial charge in [0.15, 0.2) is 0 Å². The minimum atomic E-state index is -0.988. The van der Waals surface area contributed by atoms with Crippen LogP contribution >= 0.6 is 0 Å². The number of nitrogens with zero attached hydrogens (tertiary/aromatic N) is 1. The Balaban J connectivity index is 1.11. The zero-order valence-electron chi connectivity index (χ0n) is 28.4. The van der Waals surface area contributed by atoms with E-state index in [2.05, 4.69) is 55.1 Å². The maximum Gasteiger partial charge on any atom is 0.226 e. The maximum absolute atomic E-state index is 16.2. The van der Waals surface area contributed by atoms with Gasteiger partial charge in [0.05, 0.1) is 12.5 Å². The molecule has 2 saturated carbocycles. The molecule has 3 unspecified atom stereocenters. The summed E-state index contributed by atoms with van der Waals surface area (Å²) in [5.41, 5.74) is 5.17. The Morgan fingerprint density at radius 2 is 1.64 bits per heavy atom. The average molecular weight is 640 g/mol. The molecule has 0 radical (unpaired) electrons. The van der Waals surface area contributed by atoms with Gasteiger partial charge in [-0.15, -0.1) is 0 Å². The van der Waals surface area contributed by atoms with Crippen LogP contribution < -0.4 is 0 Å². The number of hydrogen-bond acceptors (Lipinski definition) is 3. The van der Waals surface area contributed by atoms with E-state index in [4.69, 9.17) is 0 Å². The van der Waals surface area contributed by atoms with E-state index < -0.39 is 12.3 Å². The first-order valence-corrected chi connectivity index (χ1v) is 18.3. The molecule has 47 heavy (non-hydrogen) atoms. The van der Waals surface area contributed by atoms with E-state index in [-0.39, 0.29) is 28.9 Å². The average Bonchev–Trinajstić information content (AvgIpc) is 3.37. The van der Waals surface area contributed by atoms with Crippen molar-refractivity contribution in [2.24, 2.45) is 23.2 Å². The summed E-state index contributed by atoms with van der Waals surface area (Å²) in [4.78, 5) is 15.7. The van der Waals surface area contributed by atoms with Crippen LogP contribution in [-0.4, -0.2) is 46.4 Å². The quantitative estimate of drug-likeness (QED) is 0.183. The SMILES string of the molecule is CCCCCCN(CCCC[C@@H]1Cc2cc(O)ccc2C2C1C1CC[C@H](O)[C@@]1(C)C[C@@H]2F)C(=O)Cc1ccc(-c2ccccc2)cc1. The second-order valence-corrected chi connectivity index (χ2v) is 15.1. The topological polar surface area (TPSA) is 60.8 Å². The van der Waals surface area contributed by atoms with E-state index in [0.29, 0.717) is 24.7 Å². The molecule has 5 heteroatoms. The highest BCUT2D eigenvalue weighted by molar-refractivity contribution is 5.79. The lowest BCUT2D eigenvalue weighted by molar-refractivity contribution is -0.130. The van der Waals surface area contributed by atoms with Crippen molar-refractivity contribution in [3.63, 3.8) is 0 Å². The molecule has 1 amide bonds. The second kappa shape index (κ2) is 14.9. The van der Waals surface area contributed by atoms with Gasteiger partial charge in [0.25, 0.3) is 0 Å². The number of phenolic OH excluding ortho intramolecular Hbond substituents is 1. The van der Waals surface area contributed by atoms with Crippen molar-refractivity contribution in [3.05, 3.63) is 89.5 Å². The lowest BCUT2D eigenvalue weighted by Crippen LogP contribution is -2.51. The molecule has 0 aliphatic heterocycles. The van der Waals surface area contributed by atoms with Crippen molar-refractivity contribution in [2.75, 3.05) is 13.1 Å². The van der Waals surface area contributed by atoms with E-state index in [1.165, 1.54) is 18.4 Å². The minimum absolute atomic E-state index is 0.169. The predicted octanol–water partition coefficient (Wildman–Crippen LogP) is 9.27. The third kappa shape index (κ3) is 7.31. The van der Waals surface area contributed by atoms with Gasteiger partial charge in [-0.1, -0.05) is 100 Å². The van der Waals surface area contributed by atoms with Crippen LogP contribution in [0.25, 0.3) is 11.1 Å². The van der Waals surface area contributed by atoms with Crippen LogP contribution in [-0.2, 0) is 17.6 Å². The smallest absolute Gasteiger partial charge is 0.226 e. The van der Waals surface area contributed by atoms with Crippen LogP contribution in [0.1, 0.15) is 101 Å². The van der Waals surface area contributed by atoms with E-state index in [1.54, 1.807) is 6.07 Å². The maximum atomic E-state index is 16.2. The molecule has 0 saturated heterocycles. The first-order valence-electron chi connectivity index (χ1n) is 18.3. The number of fused-ring (bicyclic) bond motifs is 5. The fourth-order valence-electron chi connectivity index (χ4n) is 9.57. The number of aromatic hydroxyl groups is 1. The van der Waals surface area contributed by atoms with Crippen molar-refractivity contribution in [1.29, 1.82) is 0 Å². The van der Waals surface area contributed by atoms with Gasteiger partial charge in [0, 0.05) is 19.0 Å². The van der Waals surface area contributed by atoms with Crippen molar-refractivity contribution in [1.82, 2.24) is 4.90 Å². The van der Waals surface area contributed by atoms with Gasteiger partial charge in [0.2, 0.25) is 5.91 Å². The summed E-state index contributed by atoms with van der Waals surface area (Å²) in [5, 5.41) is 21.3. The van der Waals surface area contributed by atoms with Gasteiger partial charge in [-0.05, 0) is 108 Å². The summed E-state index contributed by atoms with van der Waals surface area (Å²) in [5.74, 6) is 1.09. The van der Waals surface area contributed by atoms with Gasteiger partial charge >= 0.3 is 0 Å². The number of aliphatic hydroxyl groups excluding tert-OH is 1. The summed E-state index contributed by atoms with van der Waals surface area (Å²) < 4.78 is 16.2. The van der Waals surface area contributed by atoms with Crippen molar-refractivity contribution < 1.29 is 19.4 Å². The predicted molar refractivity (Wildman–Crippen MR) is 188 cm³/mol. The number of benzene rings is 3. The first-order chi connectivity index (χ1) is 22.8. The van der Waals surface area contributed by atoms with Gasteiger partial charge in [-0.2, -0.15) is 0 Å². The van der Waals surface area contributed by atoms with Gasteiger partial charge < -0.3 is 15.1 Å². The number of alkyl halides is 1. The molecule has 252 valence electrons. The van der Waals surface area contributed by atoms with E-state index in [0.717, 1.165) is 86.7 Å². The summed E-state index contributed by atoms with van der Waals surface area (Å²) in [6.45, 7) is 5.88. The Labute approximate surface area is 281 Å². The number of carbonyl (C=O) groups excluding carboxylic acids is 1. The summed E-state index contributed by atoms with van der Waals surface area (Å²) in [6.07, 6.45) is 9.38. The monoisotopic (exact) mass is 639 g/mol. The van der Waals surface area contributed by atoms with E-state index >= 15 is 4.39 Å².